The average molecular weight is 228 g/mol. The lowest BCUT2D eigenvalue weighted by molar-refractivity contribution is 0.0968. The van der Waals surface area contributed by atoms with Gasteiger partial charge >= 0.3 is 0 Å². The maximum absolute atomic E-state index is 12.1. The number of carbonyl (C=O) groups excluding carboxylic acids is 1. The van der Waals surface area contributed by atoms with Gasteiger partial charge in [-0.15, -0.1) is 11.3 Å². The first-order valence-corrected chi connectivity index (χ1v) is 5.74. The minimum Gasteiger partial charge on any atom is -0.267 e. The van der Waals surface area contributed by atoms with Crippen molar-refractivity contribution < 1.29 is 4.79 Å². The van der Waals surface area contributed by atoms with Crippen LogP contribution in [0, 0.1) is 0 Å². The first-order valence-electron chi connectivity index (χ1n) is 4.86. The number of hydrogen-bond donors (Lipinski definition) is 0. The van der Waals surface area contributed by atoms with Crippen LogP contribution in [0.4, 0.5) is 0 Å². The number of para-hydroxylation sites is 2. The van der Waals surface area contributed by atoms with E-state index in [4.69, 9.17) is 0 Å². The Bertz CT molecular complexity index is 640. The zero-order chi connectivity index (χ0) is 11.0. The number of imidazole rings is 1. The largest absolute Gasteiger partial charge is 0.273 e. The van der Waals surface area contributed by atoms with Gasteiger partial charge in [0.25, 0.3) is 5.91 Å². The smallest absolute Gasteiger partial charge is 0.267 e. The van der Waals surface area contributed by atoms with E-state index in [9.17, 15) is 4.79 Å². The summed E-state index contributed by atoms with van der Waals surface area (Å²) in [5, 5.41) is 1.90. The van der Waals surface area contributed by atoms with Crippen molar-refractivity contribution in [2.75, 3.05) is 0 Å². The Labute approximate surface area is 96.0 Å². The normalized spacial score (nSPS) is 10.8. The summed E-state index contributed by atoms with van der Waals surface area (Å²) in [5.41, 5.74) is 1.69. The standard InChI is InChI=1S/C12H8N2OS/c15-12(11-6-3-7-16-11)14-8-13-9-4-1-2-5-10(9)14/h1-8H. The van der Waals surface area contributed by atoms with Crippen LogP contribution in [0.1, 0.15) is 9.67 Å². The minimum atomic E-state index is -0.0244. The fraction of sp³-hybridized carbons (Fsp3) is 0. The Kier molecular flexibility index (Phi) is 2.08. The Morgan fingerprint density at radius 1 is 1.19 bits per heavy atom. The molecule has 0 aliphatic heterocycles. The summed E-state index contributed by atoms with van der Waals surface area (Å²) in [4.78, 5) is 17.0. The second-order valence-electron chi connectivity index (χ2n) is 3.39. The van der Waals surface area contributed by atoms with E-state index in [1.54, 1.807) is 10.9 Å². The third kappa shape index (κ3) is 1.35. The molecule has 0 N–H and O–H groups in total. The van der Waals surface area contributed by atoms with Crippen LogP contribution in [0.3, 0.4) is 0 Å². The predicted molar refractivity (Wildman–Crippen MR) is 63.8 cm³/mol. The molecule has 0 spiro atoms. The molecule has 3 rings (SSSR count). The van der Waals surface area contributed by atoms with Crippen molar-refractivity contribution >= 4 is 28.3 Å². The fourth-order valence-corrected chi connectivity index (χ4v) is 2.30. The predicted octanol–water partition coefficient (Wildman–Crippen LogP) is 2.79. The second kappa shape index (κ2) is 3.57. The number of aromatic nitrogens is 2. The summed E-state index contributed by atoms with van der Waals surface area (Å²) in [6.07, 6.45) is 1.58. The van der Waals surface area contributed by atoms with E-state index in [1.807, 2.05) is 41.8 Å². The molecule has 0 atom stereocenters. The molecule has 78 valence electrons. The maximum atomic E-state index is 12.1. The zero-order valence-electron chi connectivity index (χ0n) is 8.33. The molecule has 3 aromatic rings. The van der Waals surface area contributed by atoms with Crippen molar-refractivity contribution in [3.05, 3.63) is 53.0 Å². The number of nitrogens with zero attached hydrogens (tertiary/aromatic N) is 2. The lowest BCUT2D eigenvalue weighted by Crippen LogP contribution is -2.08. The Morgan fingerprint density at radius 2 is 2.06 bits per heavy atom. The lowest BCUT2D eigenvalue weighted by atomic mass is 10.3. The number of benzene rings is 1. The molecule has 0 aliphatic carbocycles. The topological polar surface area (TPSA) is 34.9 Å². The van der Waals surface area contributed by atoms with Gasteiger partial charge in [0, 0.05) is 0 Å². The van der Waals surface area contributed by atoms with Crippen LogP contribution < -0.4 is 0 Å². The molecule has 1 aromatic carbocycles. The van der Waals surface area contributed by atoms with E-state index in [0.29, 0.717) is 0 Å². The molecule has 0 unspecified atom stereocenters. The molecule has 16 heavy (non-hydrogen) atoms. The van der Waals surface area contributed by atoms with E-state index >= 15 is 0 Å². The van der Waals surface area contributed by atoms with Crippen LogP contribution in [-0.2, 0) is 0 Å². The molecule has 4 heteroatoms. The highest BCUT2D eigenvalue weighted by Gasteiger charge is 2.12. The van der Waals surface area contributed by atoms with Crippen LogP contribution in [0.15, 0.2) is 48.1 Å². The van der Waals surface area contributed by atoms with Gasteiger partial charge in [0.15, 0.2) is 0 Å². The van der Waals surface area contributed by atoms with Crippen LogP contribution in [-0.4, -0.2) is 15.5 Å². The molecule has 2 heterocycles. The van der Waals surface area contributed by atoms with Gasteiger partial charge in [-0.1, -0.05) is 18.2 Å². The van der Waals surface area contributed by atoms with Gasteiger partial charge in [0.2, 0.25) is 0 Å². The molecule has 2 aromatic heterocycles. The molecule has 0 saturated heterocycles. The first kappa shape index (κ1) is 9.30. The van der Waals surface area contributed by atoms with Gasteiger partial charge in [0.1, 0.15) is 6.33 Å². The average Bonchev–Trinajstić information content (AvgIpc) is 2.98. The van der Waals surface area contributed by atoms with Crippen molar-refractivity contribution in [3.8, 4) is 0 Å². The second-order valence-corrected chi connectivity index (χ2v) is 4.33. The van der Waals surface area contributed by atoms with Crippen molar-refractivity contribution in [1.82, 2.24) is 9.55 Å². The quantitative estimate of drug-likeness (QED) is 0.642. The molecule has 0 bridgehead atoms. The van der Waals surface area contributed by atoms with Crippen LogP contribution in [0.2, 0.25) is 0 Å². The zero-order valence-corrected chi connectivity index (χ0v) is 9.15. The first-order chi connectivity index (χ1) is 7.86. The van der Waals surface area contributed by atoms with E-state index in [-0.39, 0.29) is 5.91 Å². The van der Waals surface area contributed by atoms with Gasteiger partial charge in [-0.2, -0.15) is 0 Å². The van der Waals surface area contributed by atoms with Gasteiger partial charge in [-0.3, -0.25) is 9.36 Å². The Balaban J connectivity index is 2.16. The van der Waals surface area contributed by atoms with Crippen LogP contribution >= 0.6 is 11.3 Å². The highest BCUT2D eigenvalue weighted by Crippen LogP contribution is 2.16. The number of rotatable bonds is 1. The Hall–Kier alpha value is -1.94. The summed E-state index contributed by atoms with van der Waals surface area (Å²) in [5.74, 6) is -0.0244. The van der Waals surface area contributed by atoms with Gasteiger partial charge in [0.05, 0.1) is 15.9 Å². The van der Waals surface area contributed by atoms with Gasteiger partial charge in [-0.25, -0.2) is 4.98 Å². The molecule has 0 fully saturated rings. The van der Waals surface area contributed by atoms with Gasteiger partial charge < -0.3 is 0 Å². The summed E-state index contributed by atoms with van der Waals surface area (Å²) >= 11 is 1.44. The summed E-state index contributed by atoms with van der Waals surface area (Å²) < 4.78 is 1.58. The highest BCUT2D eigenvalue weighted by atomic mass is 32.1. The molecule has 3 nitrogen and oxygen atoms in total. The number of hydrogen-bond acceptors (Lipinski definition) is 3. The third-order valence-corrected chi connectivity index (χ3v) is 3.26. The van der Waals surface area contributed by atoms with Crippen LogP contribution in [0.5, 0.6) is 0 Å². The van der Waals surface area contributed by atoms with Crippen molar-refractivity contribution in [2.45, 2.75) is 0 Å². The minimum absolute atomic E-state index is 0.0244. The summed E-state index contributed by atoms with van der Waals surface area (Å²) in [6.45, 7) is 0. The molecular weight excluding hydrogens is 220 g/mol. The monoisotopic (exact) mass is 228 g/mol. The molecule has 0 aliphatic rings. The van der Waals surface area contributed by atoms with E-state index in [1.165, 1.54) is 11.3 Å². The fourth-order valence-electron chi connectivity index (χ4n) is 1.64. The molecule has 0 saturated carbocycles. The number of fused-ring (bicyclic) bond motifs is 1. The van der Waals surface area contributed by atoms with Crippen LogP contribution in [0.25, 0.3) is 11.0 Å². The van der Waals surface area contributed by atoms with E-state index in [2.05, 4.69) is 4.98 Å². The van der Waals surface area contributed by atoms with E-state index < -0.39 is 0 Å². The summed E-state index contributed by atoms with van der Waals surface area (Å²) in [6, 6.07) is 11.3. The van der Waals surface area contributed by atoms with Crippen molar-refractivity contribution in [1.29, 1.82) is 0 Å². The Morgan fingerprint density at radius 3 is 2.88 bits per heavy atom. The summed E-state index contributed by atoms with van der Waals surface area (Å²) in [7, 11) is 0. The lowest BCUT2D eigenvalue weighted by Gasteiger charge is -1.99. The molecular formula is C12H8N2OS. The van der Waals surface area contributed by atoms with Crippen molar-refractivity contribution in [3.63, 3.8) is 0 Å². The molecule has 0 radical (unpaired) electrons. The SMILES string of the molecule is O=C(c1cccs1)n1cnc2ccccc21. The maximum Gasteiger partial charge on any atom is 0.273 e. The van der Waals surface area contributed by atoms with Crippen molar-refractivity contribution in [2.24, 2.45) is 0 Å². The van der Waals surface area contributed by atoms with Gasteiger partial charge in [-0.05, 0) is 23.6 Å². The number of thiophene rings is 1. The third-order valence-electron chi connectivity index (χ3n) is 2.40. The molecule has 0 amide bonds. The highest BCUT2D eigenvalue weighted by molar-refractivity contribution is 7.12. The van der Waals surface area contributed by atoms with E-state index in [0.717, 1.165) is 15.9 Å². The number of carbonyl (C=O) groups is 1.